The maximum atomic E-state index is 13.0. The Labute approximate surface area is 91.8 Å². The van der Waals surface area contributed by atoms with Crippen LogP contribution in [0.1, 0.15) is 10.6 Å². The predicted molar refractivity (Wildman–Crippen MR) is 55.3 cm³/mol. The molecule has 7 heteroatoms. The minimum Gasteiger partial charge on any atom is -0.475 e. The van der Waals surface area contributed by atoms with Gasteiger partial charge in [-0.2, -0.15) is 0 Å². The quantitative estimate of drug-likeness (QED) is 0.700. The van der Waals surface area contributed by atoms with Gasteiger partial charge < -0.3 is 5.11 Å². The molecule has 1 aromatic carbocycles. The monoisotopic (exact) mass is 237 g/mol. The van der Waals surface area contributed by atoms with Gasteiger partial charge in [0.25, 0.3) is 0 Å². The van der Waals surface area contributed by atoms with Crippen molar-refractivity contribution in [1.29, 1.82) is 0 Å². The summed E-state index contributed by atoms with van der Waals surface area (Å²) in [5.74, 6) is -1.67. The van der Waals surface area contributed by atoms with E-state index in [0.717, 1.165) is 0 Å². The first kappa shape index (κ1) is 9.22. The lowest BCUT2D eigenvalue weighted by Gasteiger charge is -1.93. The molecule has 0 aliphatic rings. The molecule has 3 aromatic rings. The van der Waals surface area contributed by atoms with Gasteiger partial charge in [-0.05, 0) is 18.2 Å². The Morgan fingerprint density at radius 3 is 3.00 bits per heavy atom. The molecule has 0 saturated heterocycles. The first-order valence-corrected chi connectivity index (χ1v) is 5.15. The van der Waals surface area contributed by atoms with E-state index in [1.807, 2.05) is 0 Å². The van der Waals surface area contributed by atoms with Crippen LogP contribution in [0.4, 0.5) is 4.39 Å². The first-order chi connectivity index (χ1) is 7.66. The maximum absolute atomic E-state index is 13.0. The number of halogens is 1. The molecule has 2 aromatic heterocycles. The Morgan fingerprint density at radius 1 is 1.44 bits per heavy atom. The smallest absolute Gasteiger partial charge is 0.374 e. The number of nitrogens with zero attached hydrogens (tertiary/aromatic N) is 3. The van der Waals surface area contributed by atoms with Crippen LogP contribution in [0.2, 0.25) is 0 Å². The second-order valence-corrected chi connectivity index (χ2v) is 4.17. The maximum Gasteiger partial charge on any atom is 0.374 e. The molecule has 3 rings (SSSR count). The molecule has 16 heavy (non-hydrogen) atoms. The van der Waals surface area contributed by atoms with Gasteiger partial charge in [0, 0.05) is 0 Å². The van der Waals surface area contributed by atoms with Crippen molar-refractivity contribution in [1.82, 2.24) is 14.6 Å². The number of carboxylic acid groups (broad SMARTS) is 1. The largest absolute Gasteiger partial charge is 0.475 e. The van der Waals surface area contributed by atoms with Crippen LogP contribution in [-0.4, -0.2) is 25.7 Å². The number of rotatable bonds is 1. The van der Waals surface area contributed by atoms with Crippen molar-refractivity contribution in [2.24, 2.45) is 0 Å². The number of thiazole rings is 1. The molecule has 0 bridgehead atoms. The van der Waals surface area contributed by atoms with Gasteiger partial charge in [-0.15, -0.1) is 10.2 Å². The number of carbonyl (C=O) groups is 1. The molecule has 0 aliphatic heterocycles. The van der Waals surface area contributed by atoms with E-state index in [2.05, 4.69) is 10.2 Å². The average molecular weight is 237 g/mol. The van der Waals surface area contributed by atoms with E-state index >= 15 is 0 Å². The van der Waals surface area contributed by atoms with Crippen molar-refractivity contribution in [3.05, 3.63) is 29.8 Å². The van der Waals surface area contributed by atoms with Gasteiger partial charge in [-0.25, -0.2) is 9.18 Å². The molecule has 0 atom stereocenters. The molecule has 0 spiro atoms. The van der Waals surface area contributed by atoms with Gasteiger partial charge in [0.1, 0.15) is 5.82 Å². The third-order valence-corrected chi connectivity index (χ3v) is 3.18. The van der Waals surface area contributed by atoms with E-state index < -0.39 is 5.97 Å². The summed E-state index contributed by atoms with van der Waals surface area (Å²) in [6, 6.07) is 4.14. The summed E-state index contributed by atoms with van der Waals surface area (Å²) < 4.78 is 15.0. The first-order valence-electron chi connectivity index (χ1n) is 4.33. The number of fused-ring (bicyclic) bond motifs is 3. The van der Waals surface area contributed by atoms with Crippen molar-refractivity contribution in [2.75, 3.05) is 0 Å². The lowest BCUT2D eigenvalue weighted by molar-refractivity contribution is 0.0682. The number of hydrogen-bond acceptors (Lipinski definition) is 4. The van der Waals surface area contributed by atoms with Crippen molar-refractivity contribution < 1.29 is 14.3 Å². The summed E-state index contributed by atoms with van der Waals surface area (Å²) in [5.41, 5.74) is 0.601. The lowest BCUT2D eigenvalue weighted by atomic mass is 10.3. The molecule has 0 saturated carbocycles. The van der Waals surface area contributed by atoms with Crippen LogP contribution < -0.4 is 0 Å². The molecule has 0 radical (unpaired) electrons. The van der Waals surface area contributed by atoms with Crippen LogP contribution in [0.25, 0.3) is 15.2 Å². The van der Waals surface area contributed by atoms with Crippen molar-refractivity contribution >= 4 is 32.5 Å². The van der Waals surface area contributed by atoms with Gasteiger partial charge in [0.2, 0.25) is 10.8 Å². The summed E-state index contributed by atoms with van der Waals surface area (Å²) in [6.07, 6.45) is 0. The van der Waals surface area contributed by atoms with Gasteiger partial charge >= 0.3 is 5.97 Å². The molecule has 0 unspecified atom stereocenters. The lowest BCUT2D eigenvalue weighted by Crippen LogP contribution is -2.02. The Balaban J connectivity index is 2.50. The van der Waals surface area contributed by atoms with Crippen molar-refractivity contribution in [3.8, 4) is 0 Å². The molecular weight excluding hydrogens is 233 g/mol. The van der Waals surface area contributed by atoms with Crippen LogP contribution in [0, 0.1) is 5.82 Å². The Bertz CT molecular complexity index is 718. The van der Waals surface area contributed by atoms with E-state index in [1.54, 1.807) is 0 Å². The highest BCUT2D eigenvalue weighted by atomic mass is 32.1. The van der Waals surface area contributed by atoms with Crippen LogP contribution in [-0.2, 0) is 0 Å². The number of aromatic nitrogens is 3. The minimum absolute atomic E-state index is 0.159. The van der Waals surface area contributed by atoms with E-state index in [1.165, 1.54) is 33.9 Å². The number of benzene rings is 1. The number of hydrogen-bond donors (Lipinski definition) is 1. The summed E-state index contributed by atoms with van der Waals surface area (Å²) in [6.45, 7) is 0. The Morgan fingerprint density at radius 2 is 2.25 bits per heavy atom. The SMILES string of the molecule is O=C(O)c1nnc2sc3cc(F)ccc3n12. The second kappa shape index (κ2) is 2.99. The van der Waals surface area contributed by atoms with Gasteiger partial charge in [-0.1, -0.05) is 11.3 Å². The zero-order valence-corrected chi connectivity index (χ0v) is 8.53. The molecule has 80 valence electrons. The second-order valence-electron chi connectivity index (χ2n) is 3.16. The van der Waals surface area contributed by atoms with Crippen LogP contribution in [0.5, 0.6) is 0 Å². The fraction of sp³-hybridized carbons (Fsp3) is 0. The summed E-state index contributed by atoms with van der Waals surface area (Å²) >= 11 is 1.20. The van der Waals surface area contributed by atoms with E-state index in [-0.39, 0.29) is 11.6 Å². The average Bonchev–Trinajstić information content (AvgIpc) is 2.74. The van der Waals surface area contributed by atoms with E-state index in [4.69, 9.17) is 5.11 Å². The van der Waals surface area contributed by atoms with Gasteiger partial charge in [0.15, 0.2) is 0 Å². The van der Waals surface area contributed by atoms with Crippen LogP contribution in [0.3, 0.4) is 0 Å². The third-order valence-electron chi connectivity index (χ3n) is 2.19. The summed E-state index contributed by atoms with van der Waals surface area (Å²) in [5, 5.41) is 16.2. The minimum atomic E-state index is -1.16. The van der Waals surface area contributed by atoms with Crippen molar-refractivity contribution in [2.45, 2.75) is 0 Å². The summed E-state index contributed by atoms with van der Waals surface area (Å²) in [4.78, 5) is 11.3. The normalized spacial score (nSPS) is 11.3. The highest BCUT2D eigenvalue weighted by molar-refractivity contribution is 7.23. The Kier molecular flexibility index (Phi) is 1.72. The van der Waals surface area contributed by atoms with Gasteiger partial charge in [-0.3, -0.25) is 4.40 Å². The molecular formula is C9H4FN3O2S. The molecule has 1 N–H and O–H groups in total. The molecule has 0 fully saturated rings. The molecule has 0 aliphatic carbocycles. The van der Waals surface area contributed by atoms with Crippen LogP contribution in [0.15, 0.2) is 18.2 Å². The molecule has 0 amide bonds. The Hall–Kier alpha value is -2.02. The molecule has 5 nitrogen and oxygen atoms in total. The highest BCUT2D eigenvalue weighted by Crippen LogP contribution is 2.26. The fourth-order valence-electron chi connectivity index (χ4n) is 1.54. The summed E-state index contributed by atoms with van der Waals surface area (Å²) in [7, 11) is 0. The third kappa shape index (κ3) is 1.12. The zero-order chi connectivity index (χ0) is 11.3. The number of carboxylic acids is 1. The standard InChI is InChI=1S/C9H4FN3O2S/c10-4-1-2-5-6(3-4)16-9-12-11-7(8(14)15)13(5)9/h1-3H,(H,14,15). The van der Waals surface area contributed by atoms with E-state index in [0.29, 0.717) is 15.2 Å². The number of aromatic carboxylic acids is 1. The van der Waals surface area contributed by atoms with Crippen LogP contribution >= 0.6 is 11.3 Å². The van der Waals surface area contributed by atoms with E-state index in [9.17, 15) is 9.18 Å². The predicted octanol–water partition coefficient (Wildman–Crippen LogP) is 1.78. The van der Waals surface area contributed by atoms with Crippen molar-refractivity contribution in [3.63, 3.8) is 0 Å². The topological polar surface area (TPSA) is 67.5 Å². The zero-order valence-electron chi connectivity index (χ0n) is 7.72. The highest BCUT2D eigenvalue weighted by Gasteiger charge is 2.17. The van der Waals surface area contributed by atoms with Gasteiger partial charge in [0.05, 0.1) is 10.2 Å². The fourth-order valence-corrected chi connectivity index (χ4v) is 2.53. The molecule has 2 heterocycles.